The van der Waals surface area contributed by atoms with Crippen LogP contribution in [0.15, 0.2) is 35.0 Å². The van der Waals surface area contributed by atoms with Crippen LogP contribution in [0.2, 0.25) is 5.02 Å². The standard InChI is InChI=1S/C12H10ClNOS/c13-9-1-2-10(11(14)6-9)12(15)5-8-3-4-16-7-8/h1-4,6-7H,5,14H2. The molecule has 82 valence electrons. The molecule has 2 nitrogen and oxygen atoms in total. The summed E-state index contributed by atoms with van der Waals surface area (Å²) in [5.41, 5.74) is 7.74. The first kappa shape index (κ1) is 11.2. The molecule has 0 aliphatic heterocycles. The molecule has 4 heteroatoms. The van der Waals surface area contributed by atoms with Crippen molar-refractivity contribution in [3.05, 3.63) is 51.2 Å². The molecule has 1 aromatic heterocycles. The van der Waals surface area contributed by atoms with Gasteiger partial charge in [-0.05, 0) is 40.6 Å². The highest BCUT2D eigenvalue weighted by Crippen LogP contribution is 2.20. The van der Waals surface area contributed by atoms with Gasteiger partial charge in [-0.2, -0.15) is 11.3 Å². The van der Waals surface area contributed by atoms with Gasteiger partial charge in [0.15, 0.2) is 5.78 Å². The van der Waals surface area contributed by atoms with Crippen LogP contribution in [0.4, 0.5) is 5.69 Å². The van der Waals surface area contributed by atoms with Crippen LogP contribution >= 0.6 is 22.9 Å². The van der Waals surface area contributed by atoms with Crippen LogP contribution in [0.3, 0.4) is 0 Å². The first-order valence-corrected chi connectivity index (χ1v) is 6.08. The van der Waals surface area contributed by atoms with E-state index in [4.69, 9.17) is 17.3 Å². The molecule has 0 saturated heterocycles. The Morgan fingerprint density at radius 2 is 2.19 bits per heavy atom. The van der Waals surface area contributed by atoms with Crippen LogP contribution in [0.1, 0.15) is 15.9 Å². The predicted octanol–water partition coefficient (Wildman–Crippen LogP) is 3.41. The molecule has 16 heavy (non-hydrogen) atoms. The van der Waals surface area contributed by atoms with Gasteiger partial charge in [-0.25, -0.2) is 0 Å². The molecule has 0 spiro atoms. The quantitative estimate of drug-likeness (QED) is 0.671. The lowest BCUT2D eigenvalue weighted by atomic mass is 10.0. The fourth-order valence-corrected chi connectivity index (χ4v) is 2.31. The minimum absolute atomic E-state index is 0.0209. The van der Waals surface area contributed by atoms with Crippen LogP contribution in [0.25, 0.3) is 0 Å². The molecule has 2 aromatic rings. The van der Waals surface area contributed by atoms with Crippen molar-refractivity contribution in [1.82, 2.24) is 0 Å². The number of anilines is 1. The Bertz CT molecular complexity index is 508. The SMILES string of the molecule is Nc1cc(Cl)ccc1C(=O)Cc1ccsc1. The lowest BCUT2D eigenvalue weighted by Crippen LogP contribution is -2.06. The van der Waals surface area contributed by atoms with E-state index in [2.05, 4.69) is 0 Å². The maximum atomic E-state index is 11.9. The van der Waals surface area contributed by atoms with Gasteiger partial charge in [-0.3, -0.25) is 4.79 Å². The molecule has 0 aliphatic rings. The van der Waals surface area contributed by atoms with E-state index in [0.717, 1.165) is 5.56 Å². The molecule has 0 unspecified atom stereocenters. The summed E-state index contributed by atoms with van der Waals surface area (Å²) in [6.45, 7) is 0. The van der Waals surface area contributed by atoms with Gasteiger partial charge in [-0.15, -0.1) is 0 Å². The van der Waals surface area contributed by atoms with Gasteiger partial charge in [0, 0.05) is 22.7 Å². The highest BCUT2D eigenvalue weighted by Gasteiger charge is 2.10. The zero-order valence-electron chi connectivity index (χ0n) is 8.44. The highest BCUT2D eigenvalue weighted by molar-refractivity contribution is 7.08. The monoisotopic (exact) mass is 251 g/mol. The number of carbonyl (C=O) groups is 1. The number of benzene rings is 1. The third kappa shape index (κ3) is 2.43. The number of Topliss-reactive ketones (excluding diaryl/α,β-unsaturated/α-hetero) is 1. The molecule has 2 N–H and O–H groups in total. The van der Waals surface area contributed by atoms with E-state index < -0.39 is 0 Å². The Morgan fingerprint density at radius 1 is 1.38 bits per heavy atom. The van der Waals surface area contributed by atoms with E-state index in [1.165, 1.54) is 0 Å². The number of halogens is 1. The second kappa shape index (κ2) is 4.68. The minimum atomic E-state index is 0.0209. The summed E-state index contributed by atoms with van der Waals surface area (Å²) in [5.74, 6) is 0.0209. The van der Waals surface area contributed by atoms with Crippen molar-refractivity contribution in [3.8, 4) is 0 Å². The van der Waals surface area contributed by atoms with Crippen LogP contribution in [-0.4, -0.2) is 5.78 Å². The maximum Gasteiger partial charge on any atom is 0.169 e. The highest BCUT2D eigenvalue weighted by atomic mass is 35.5. The number of rotatable bonds is 3. The number of ketones is 1. The molecule has 1 aromatic carbocycles. The Kier molecular flexibility index (Phi) is 3.27. The molecule has 0 saturated carbocycles. The lowest BCUT2D eigenvalue weighted by Gasteiger charge is -2.04. The van der Waals surface area contributed by atoms with Gasteiger partial charge < -0.3 is 5.73 Å². The van der Waals surface area contributed by atoms with Crippen LogP contribution in [0, 0.1) is 0 Å². The van der Waals surface area contributed by atoms with Crippen LogP contribution < -0.4 is 5.73 Å². The maximum absolute atomic E-state index is 11.9. The van der Waals surface area contributed by atoms with Crippen LogP contribution in [0.5, 0.6) is 0 Å². The lowest BCUT2D eigenvalue weighted by molar-refractivity contribution is 0.0994. The second-order valence-electron chi connectivity index (χ2n) is 3.46. The van der Waals surface area contributed by atoms with E-state index in [9.17, 15) is 4.79 Å². The second-order valence-corrected chi connectivity index (χ2v) is 4.68. The van der Waals surface area contributed by atoms with E-state index in [1.807, 2.05) is 16.8 Å². The summed E-state index contributed by atoms with van der Waals surface area (Å²) >= 11 is 7.35. The van der Waals surface area contributed by atoms with Gasteiger partial charge in [0.05, 0.1) is 0 Å². The Balaban J connectivity index is 2.21. The summed E-state index contributed by atoms with van der Waals surface area (Å²) in [7, 11) is 0. The predicted molar refractivity (Wildman–Crippen MR) is 68.2 cm³/mol. The van der Waals surface area contributed by atoms with Crippen molar-refractivity contribution in [2.75, 3.05) is 5.73 Å². The molecule has 0 amide bonds. The molecule has 2 rings (SSSR count). The first-order chi connectivity index (χ1) is 7.66. The first-order valence-electron chi connectivity index (χ1n) is 4.76. The zero-order chi connectivity index (χ0) is 11.5. The zero-order valence-corrected chi connectivity index (χ0v) is 10.0. The van der Waals surface area contributed by atoms with E-state index in [1.54, 1.807) is 29.5 Å². The summed E-state index contributed by atoms with van der Waals surface area (Å²) in [4.78, 5) is 11.9. The van der Waals surface area contributed by atoms with Gasteiger partial charge in [0.25, 0.3) is 0 Å². The van der Waals surface area contributed by atoms with E-state index in [-0.39, 0.29) is 5.78 Å². The Labute approximate surface area is 103 Å². The van der Waals surface area contributed by atoms with Crippen molar-refractivity contribution in [2.24, 2.45) is 0 Å². The fraction of sp³-hybridized carbons (Fsp3) is 0.0833. The van der Waals surface area contributed by atoms with Crippen molar-refractivity contribution >= 4 is 34.4 Å². The number of hydrogen-bond acceptors (Lipinski definition) is 3. The van der Waals surface area contributed by atoms with Crippen molar-refractivity contribution in [3.63, 3.8) is 0 Å². The van der Waals surface area contributed by atoms with E-state index in [0.29, 0.717) is 22.7 Å². The van der Waals surface area contributed by atoms with Gasteiger partial charge >= 0.3 is 0 Å². The summed E-state index contributed by atoms with van der Waals surface area (Å²) in [6.07, 6.45) is 0.384. The molecule has 1 heterocycles. The summed E-state index contributed by atoms with van der Waals surface area (Å²) in [6, 6.07) is 6.89. The summed E-state index contributed by atoms with van der Waals surface area (Å²) < 4.78 is 0. The molecule has 0 bridgehead atoms. The van der Waals surface area contributed by atoms with Crippen LogP contribution in [-0.2, 0) is 6.42 Å². The molecule has 0 atom stereocenters. The largest absolute Gasteiger partial charge is 0.398 e. The topological polar surface area (TPSA) is 43.1 Å². The number of thiophene rings is 1. The average Bonchev–Trinajstić information content (AvgIpc) is 2.70. The van der Waals surface area contributed by atoms with Gasteiger partial charge in [0.1, 0.15) is 0 Å². The average molecular weight is 252 g/mol. The molecular weight excluding hydrogens is 242 g/mol. The molecular formula is C12H10ClNOS. The van der Waals surface area contributed by atoms with Crippen molar-refractivity contribution in [1.29, 1.82) is 0 Å². The smallest absolute Gasteiger partial charge is 0.169 e. The number of hydrogen-bond donors (Lipinski definition) is 1. The third-order valence-electron chi connectivity index (χ3n) is 2.26. The van der Waals surface area contributed by atoms with Crippen molar-refractivity contribution < 1.29 is 4.79 Å². The van der Waals surface area contributed by atoms with Gasteiger partial charge in [-0.1, -0.05) is 11.6 Å². The minimum Gasteiger partial charge on any atom is -0.398 e. The van der Waals surface area contributed by atoms with Crippen molar-refractivity contribution in [2.45, 2.75) is 6.42 Å². The number of nitrogen functional groups attached to an aromatic ring is 1. The van der Waals surface area contributed by atoms with Gasteiger partial charge in [0.2, 0.25) is 0 Å². The normalized spacial score (nSPS) is 10.3. The Hall–Kier alpha value is -1.32. The molecule has 0 aliphatic carbocycles. The number of nitrogens with two attached hydrogens (primary N) is 1. The fourth-order valence-electron chi connectivity index (χ4n) is 1.46. The summed E-state index contributed by atoms with van der Waals surface area (Å²) in [5, 5.41) is 4.46. The Morgan fingerprint density at radius 3 is 2.81 bits per heavy atom. The number of carbonyl (C=O) groups excluding carboxylic acids is 1. The molecule has 0 fully saturated rings. The van der Waals surface area contributed by atoms with E-state index >= 15 is 0 Å². The third-order valence-corrected chi connectivity index (χ3v) is 3.23. The molecule has 0 radical (unpaired) electrons.